The molecule has 0 unspecified atom stereocenters. The van der Waals surface area contributed by atoms with E-state index in [1.165, 1.54) is 11.6 Å². The molecule has 192 valence electrons. The number of hydrogen-bond acceptors (Lipinski definition) is 4. The van der Waals surface area contributed by atoms with Gasteiger partial charge in [0, 0.05) is 23.5 Å². The summed E-state index contributed by atoms with van der Waals surface area (Å²) in [6, 6.07) is 7.37. The van der Waals surface area contributed by atoms with E-state index in [1.807, 2.05) is 20.0 Å². The second-order valence-corrected chi connectivity index (χ2v) is 11.1. The number of halogens is 1. The molecule has 0 radical (unpaired) electrons. The van der Waals surface area contributed by atoms with Crippen LogP contribution in [0.15, 0.2) is 47.3 Å². The molecule has 0 saturated carbocycles. The predicted octanol–water partition coefficient (Wildman–Crippen LogP) is 8.76. The van der Waals surface area contributed by atoms with Gasteiger partial charge in [-0.15, -0.1) is 0 Å². The predicted molar refractivity (Wildman–Crippen MR) is 144 cm³/mol. The van der Waals surface area contributed by atoms with Crippen LogP contribution < -0.4 is 0 Å². The van der Waals surface area contributed by atoms with Crippen LogP contribution >= 0.6 is 0 Å². The lowest BCUT2D eigenvalue weighted by Gasteiger charge is -2.18. The van der Waals surface area contributed by atoms with E-state index in [-0.39, 0.29) is 31.1 Å². The van der Waals surface area contributed by atoms with Crippen LogP contribution in [-0.4, -0.2) is 15.0 Å². The fourth-order valence-electron chi connectivity index (χ4n) is 2.53. The van der Waals surface area contributed by atoms with E-state index in [0.29, 0.717) is 0 Å². The minimum atomic E-state index is -0.419. The van der Waals surface area contributed by atoms with E-state index in [1.54, 1.807) is 18.5 Å². The average Bonchev–Trinajstić information content (AvgIpc) is 3.09. The summed E-state index contributed by atoms with van der Waals surface area (Å²) in [6.07, 6.45) is 5.13. The first-order valence-corrected chi connectivity index (χ1v) is 11.0. The number of aromatic nitrogens is 3. The van der Waals surface area contributed by atoms with Crippen LogP contribution in [0.1, 0.15) is 106 Å². The van der Waals surface area contributed by atoms with Crippen molar-refractivity contribution in [3.05, 3.63) is 77.3 Å². The highest BCUT2D eigenvalue weighted by Crippen LogP contribution is 2.22. The van der Waals surface area contributed by atoms with Gasteiger partial charge in [0.15, 0.2) is 5.89 Å². The molecule has 3 rings (SSSR count). The van der Waals surface area contributed by atoms with E-state index < -0.39 is 5.95 Å². The first-order valence-electron chi connectivity index (χ1n) is 11.0. The van der Waals surface area contributed by atoms with Crippen LogP contribution in [0.4, 0.5) is 4.39 Å². The monoisotopic (exact) mass is 473 g/mol. The number of pyridine rings is 2. The van der Waals surface area contributed by atoms with Crippen LogP contribution in [0, 0.1) is 19.8 Å². The standard InChI is InChI=1S/C10H15N.C9H12FN.C8H13NO.2CH4/c1-8-7-9(5-6-11-8)10(2,3)4;1-9(2,3)7-4-5-8(10)11-6-7;1-6-5-10-7(9-6)8(2,3)4;;/h5-7H,1-4H3;4-6H,1-3H3;5H,1-4H3;2*1H4. The fourth-order valence-corrected chi connectivity index (χ4v) is 2.53. The maximum atomic E-state index is 12.4. The van der Waals surface area contributed by atoms with Gasteiger partial charge in [0.1, 0.15) is 6.26 Å². The smallest absolute Gasteiger partial charge is 0.212 e. The van der Waals surface area contributed by atoms with Gasteiger partial charge in [0.05, 0.1) is 5.69 Å². The molecule has 0 aliphatic carbocycles. The summed E-state index contributed by atoms with van der Waals surface area (Å²) < 4.78 is 17.6. The van der Waals surface area contributed by atoms with E-state index in [2.05, 4.69) is 89.4 Å². The normalized spacial score (nSPS) is 11.1. The summed E-state index contributed by atoms with van der Waals surface area (Å²) >= 11 is 0. The topological polar surface area (TPSA) is 51.8 Å². The molecule has 4 nitrogen and oxygen atoms in total. The zero-order chi connectivity index (χ0) is 24.7. The quantitative estimate of drug-likeness (QED) is 0.306. The number of nitrogens with zero attached hydrogens (tertiary/aromatic N) is 3. The number of aryl methyl sites for hydroxylation is 2. The molecule has 0 aliphatic rings. The molecule has 0 fully saturated rings. The van der Waals surface area contributed by atoms with Crippen molar-refractivity contribution in [1.29, 1.82) is 0 Å². The average molecular weight is 474 g/mol. The molecule has 3 aromatic rings. The van der Waals surface area contributed by atoms with Crippen molar-refractivity contribution < 1.29 is 8.81 Å². The van der Waals surface area contributed by atoms with E-state index in [0.717, 1.165) is 22.8 Å². The molecular weight excluding hydrogens is 425 g/mol. The molecular formula is C29H48FN3O. The first-order chi connectivity index (χ1) is 14.5. The molecule has 0 atom stereocenters. The summed E-state index contributed by atoms with van der Waals surface area (Å²) in [5.41, 5.74) is 4.79. The molecule has 0 spiro atoms. The Labute approximate surface area is 208 Å². The molecule has 34 heavy (non-hydrogen) atoms. The molecule has 0 aliphatic heterocycles. The minimum Gasteiger partial charge on any atom is -0.448 e. The van der Waals surface area contributed by atoms with Gasteiger partial charge in [-0.1, -0.05) is 83.2 Å². The lowest BCUT2D eigenvalue weighted by Crippen LogP contribution is -2.11. The second-order valence-electron chi connectivity index (χ2n) is 11.1. The van der Waals surface area contributed by atoms with Gasteiger partial charge in [-0.25, -0.2) is 9.97 Å². The number of rotatable bonds is 0. The maximum absolute atomic E-state index is 12.4. The zero-order valence-corrected chi connectivity index (χ0v) is 21.7. The lowest BCUT2D eigenvalue weighted by molar-refractivity contribution is 0.392. The van der Waals surface area contributed by atoms with Crippen molar-refractivity contribution in [3.63, 3.8) is 0 Å². The number of oxazole rings is 1. The Balaban J connectivity index is 0. The van der Waals surface area contributed by atoms with E-state index in [9.17, 15) is 4.39 Å². The summed E-state index contributed by atoms with van der Waals surface area (Å²) in [5.74, 6) is 0.392. The Hall–Kier alpha value is -2.56. The Morgan fingerprint density at radius 2 is 1.26 bits per heavy atom. The molecule has 3 heterocycles. The zero-order valence-electron chi connectivity index (χ0n) is 21.7. The largest absolute Gasteiger partial charge is 0.448 e. The Kier molecular flexibility index (Phi) is 13.2. The Bertz CT molecular complexity index is 957. The van der Waals surface area contributed by atoms with E-state index in [4.69, 9.17) is 4.42 Å². The van der Waals surface area contributed by atoms with Crippen molar-refractivity contribution in [2.24, 2.45) is 0 Å². The summed E-state index contributed by atoms with van der Waals surface area (Å²) in [7, 11) is 0. The summed E-state index contributed by atoms with van der Waals surface area (Å²) in [4.78, 5) is 11.9. The van der Waals surface area contributed by atoms with Crippen molar-refractivity contribution in [2.45, 2.75) is 107 Å². The molecule has 0 bridgehead atoms. The highest BCUT2D eigenvalue weighted by molar-refractivity contribution is 5.22. The van der Waals surface area contributed by atoms with Gasteiger partial charge in [-0.2, -0.15) is 4.39 Å². The van der Waals surface area contributed by atoms with Gasteiger partial charge >= 0.3 is 0 Å². The van der Waals surface area contributed by atoms with Crippen molar-refractivity contribution in [2.75, 3.05) is 0 Å². The minimum absolute atomic E-state index is 0. The molecule has 5 heteroatoms. The molecule has 0 saturated heterocycles. The lowest BCUT2D eigenvalue weighted by atomic mass is 9.87. The van der Waals surface area contributed by atoms with Gasteiger partial charge in [0.25, 0.3) is 0 Å². The molecule has 0 aromatic carbocycles. The summed E-state index contributed by atoms with van der Waals surface area (Å²) in [6.45, 7) is 23.0. The first kappa shape index (κ1) is 33.6. The third-order valence-corrected chi connectivity index (χ3v) is 4.62. The number of hydrogen-bond donors (Lipinski definition) is 0. The van der Waals surface area contributed by atoms with E-state index >= 15 is 0 Å². The van der Waals surface area contributed by atoms with Crippen molar-refractivity contribution in [1.82, 2.24) is 15.0 Å². The molecule has 0 amide bonds. The molecule has 3 aromatic heterocycles. The van der Waals surface area contributed by atoms with Crippen molar-refractivity contribution in [3.8, 4) is 0 Å². The van der Waals surface area contributed by atoms with Gasteiger partial charge < -0.3 is 4.42 Å². The Morgan fingerprint density at radius 3 is 1.56 bits per heavy atom. The Morgan fingerprint density at radius 1 is 0.706 bits per heavy atom. The summed E-state index contributed by atoms with van der Waals surface area (Å²) in [5, 5.41) is 0. The fraction of sp³-hybridized carbons (Fsp3) is 0.552. The highest BCUT2D eigenvalue weighted by Gasteiger charge is 2.19. The maximum Gasteiger partial charge on any atom is 0.212 e. The second kappa shape index (κ2) is 13.4. The highest BCUT2D eigenvalue weighted by atomic mass is 19.1. The van der Waals surface area contributed by atoms with Crippen LogP contribution in [0.3, 0.4) is 0 Å². The van der Waals surface area contributed by atoms with Gasteiger partial charge in [-0.3, -0.25) is 4.98 Å². The van der Waals surface area contributed by atoms with Gasteiger partial charge in [-0.05, 0) is 54.0 Å². The SMILES string of the molecule is C.C.CC(C)(C)c1ccc(F)nc1.Cc1cc(C(C)(C)C)ccn1.Cc1coc(C(C)(C)C)n1. The third kappa shape index (κ3) is 12.1. The van der Waals surface area contributed by atoms with Crippen molar-refractivity contribution >= 4 is 0 Å². The van der Waals surface area contributed by atoms with Crippen LogP contribution in [0.25, 0.3) is 0 Å². The molecule has 0 N–H and O–H groups in total. The third-order valence-electron chi connectivity index (χ3n) is 4.62. The van der Waals surface area contributed by atoms with Crippen LogP contribution in [0.2, 0.25) is 0 Å². The van der Waals surface area contributed by atoms with Crippen LogP contribution in [-0.2, 0) is 16.2 Å². The van der Waals surface area contributed by atoms with Crippen LogP contribution in [0.5, 0.6) is 0 Å². The van der Waals surface area contributed by atoms with Gasteiger partial charge in [0.2, 0.25) is 5.95 Å².